The Morgan fingerprint density at radius 1 is 1.73 bits per heavy atom. The maximum Gasteiger partial charge on any atom is 0.327 e. The number of hydrogen-bond donors (Lipinski definition) is 3. The van der Waals surface area contributed by atoms with Crippen molar-refractivity contribution in [3.8, 4) is 0 Å². The number of carboxylic acids is 1. The second-order valence-electron chi connectivity index (χ2n) is 1.92. The van der Waals surface area contributed by atoms with Gasteiger partial charge in [0.2, 0.25) is 5.91 Å². The highest BCUT2D eigenvalue weighted by molar-refractivity contribution is 7.97. The van der Waals surface area contributed by atoms with E-state index < -0.39 is 12.0 Å². The molecule has 1 amide bonds. The molecule has 0 rings (SSSR count). The highest BCUT2D eigenvalue weighted by atomic mass is 32.2. The number of hydrogen-bond acceptors (Lipinski definition) is 4. The van der Waals surface area contributed by atoms with Gasteiger partial charge in [-0.1, -0.05) is 11.9 Å². The number of carbonyl (C=O) groups excluding carboxylic acids is 1. The summed E-state index contributed by atoms with van der Waals surface area (Å²) in [6.45, 7) is 1.26. The molecule has 0 spiro atoms. The van der Waals surface area contributed by atoms with Crippen LogP contribution in [0.2, 0.25) is 0 Å². The molecule has 0 aromatic heterocycles. The van der Waals surface area contributed by atoms with Gasteiger partial charge < -0.3 is 10.4 Å². The molecule has 4 N–H and O–H groups in total. The van der Waals surface area contributed by atoms with Crippen molar-refractivity contribution in [1.29, 1.82) is 0 Å². The van der Waals surface area contributed by atoms with Crippen molar-refractivity contribution in [2.75, 3.05) is 5.75 Å². The summed E-state index contributed by atoms with van der Waals surface area (Å²) in [7, 11) is 0. The van der Waals surface area contributed by atoms with E-state index >= 15 is 0 Å². The van der Waals surface area contributed by atoms with Crippen LogP contribution in [0.25, 0.3) is 0 Å². The van der Waals surface area contributed by atoms with Gasteiger partial charge >= 0.3 is 5.97 Å². The Labute approximate surface area is 68.5 Å². The lowest BCUT2D eigenvalue weighted by Crippen LogP contribution is -2.41. The van der Waals surface area contributed by atoms with Gasteiger partial charge in [0.1, 0.15) is 6.04 Å². The fraction of sp³-hybridized carbons (Fsp3) is 0.600. The fourth-order valence-corrected chi connectivity index (χ4v) is 0.935. The summed E-state index contributed by atoms with van der Waals surface area (Å²) in [5.74, 6) is -1.26. The number of amides is 1. The normalized spacial score (nSPS) is 12.2. The molecule has 0 heterocycles. The molecule has 1 atom stereocenters. The second kappa shape index (κ2) is 4.97. The lowest BCUT2D eigenvalue weighted by molar-refractivity contribution is -0.140. The molecule has 0 saturated heterocycles. The Bertz CT molecular complexity index is 162. The van der Waals surface area contributed by atoms with E-state index in [0.29, 0.717) is 0 Å². The van der Waals surface area contributed by atoms with E-state index in [9.17, 15) is 9.59 Å². The third-order valence-corrected chi connectivity index (χ3v) is 1.46. The van der Waals surface area contributed by atoms with E-state index in [-0.39, 0.29) is 11.7 Å². The van der Waals surface area contributed by atoms with Crippen LogP contribution in [-0.2, 0) is 9.59 Å². The van der Waals surface area contributed by atoms with E-state index in [0.717, 1.165) is 11.9 Å². The van der Waals surface area contributed by atoms with Gasteiger partial charge in [-0.15, -0.1) is 0 Å². The minimum atomic E-state index is -1.07. The largest absolute Gasteiger partial charge is 0.480 e. The van der Waals surface area contributed by atoms with Crippen LogP contribution in [0.5, 0.6) is 0 Å². The molecule has 0 radical (unpaired) electrons. The fourth-order valence-electron chi connectivity index (χ4n) is 0.516. The monoisotopic (exact) mass is 178 g/mol. The van der Waals surface area contributed by atoms with Gasteiger partial charge in [-0.25, -0.2) is 4.79 Å². The van der Waals surface area contributed by atoms with Crippen LogP contribution < -0.4 is 10.5 Å². The predicted octanol–water partition coefficient (Wildman–Crippen LogP) is -0.817. The molecule has 0 bridgehead atoms. The second-order valence-corrected chi connectivity index (χ2v) is 2.59. The number of carbonyl (C=O) groups is 2. The van der Waals surface area contributed by atoms with Crippen LogP contribution in [0, 0.1) is 0 Å². The smallest absolute Gasteiger partial charge is 0.327 e. The SMILES string of the molecule is CC(=O)NC(CSN)C(=O)O. The summed E-state index contributed by atoms with van der Waals surface area (Å²) in [5, 5.41) is 15.8. The summed E-state index contributed by atoms with van der Waals surface area (Å²) in [4.78, 5) is 20.8. The maximum atomic E-state index is 10.4. The maximum absolute atomic E-state index is 10.4. The number of rotatable bonds is 4. The van der Waals surface area contributed by atoms with Crippen LogP contribution in [-0.4, -0.2) is 28.8 Å². The quantitative estimate of drug-likeness (QED) is 0.489. The molecule has 6 heteroatoms. The van der Waals surface area contributed by atoms with Gasteiger partial charge in [-0.2, -0.15) is 0 Å². The third-order valence-electron chi connectivity index (χ3n) is 0.938. The summed E-state index contributed by atoms with van der Waals surface area (Å²) < 4.78 is 0. The summed E-state index contributed by atoms with van der Waals surface area (Å²) >= 11 is 0.884. The molecule has 0 aliphatic rings. The van der Waals surface area contributed by atoms with E-state index in [4.69, 9.17) is 10.2 Å². The molecule has 0 aromatic carbocycles. The Morgan fingerprint density at radius 2 is 2.27 bits per heavy atom. The Balaban J connectivity index is 3.89. The first-order chi connectivity index (χ1) is 5.07. The first-order valence-corrected chi connectivity index (χ1v) is 3.94. The number of nitrogens with two attached hydrogens (primary N) is 1. The zero-order valence-corrected chi connectivity index (χ0v) is 6.85. The highest BCUT2D eigenvalue weighted by Gasteiger charge is 2.16. The van der Waals surface area contributed by atoms with E-state index in [1.165, 1.54) is 6.92 Å². The number of aliphatic carboxylic acids is 1. The number of nitrogens with one attached hydrogen (secondary N) is 1. The van der Waals surface area contributed by atoms with Crippen molar-refractivity contribution in [3.63, 3.8) is 0 Å². The first kappa shape index (κ1) is 10.2. The number of carboxylic acid groups (broad SMARTS) is 1. The summed E-state index contributed by atoms with van der Waals surface area (Å²) in [6.07, 6.45) is 0. The molecule has 0 fully saturated rings. The summed E-state index contributed by atoms with van der Waals surface area (Å²) in [5.41, 5.74) is 0. The lowest BCUT2D eigenvalue weighted by Gasteiger charge is -2.10. The molecule has 11 heavy (non-hydrogen) atoms. The van der Waals surface area contributed by atoms with E-state index in [1.54, 1.807) is 0 Å². The molecule has 0 aliphatic carbocycles. The van der Waals surface area contributed by atoms with E-state index in [2.05, 4.69) is 5.32 Å². The molecule has 0 aliphatic heterocycles. The predicted molar refractivity (Wildman–Crippen MR) is 41.9 cm³/mol. The first-order valence-electron chi connectivity index (χ1n) is 2.89. The Morgan fingerprint density at radius 3 is 2.55 bits per heavy atom. The van der Waals surface area contributed by atoms with Crippen molar-refractivity contribution in [3.05, 3.63) is 0 Å². The molecule has 5 nitrogen and oxygen atoms in total. The van der Waals surface area contributed by atoms with Crippen molar-refractivity contribution >= 4 is 23.8 Å². The van der Waals surface area contributed by atoms with Gasteiger partial charge in [-0.05, 0) is 0 Å². The minimum absolute atomic E-state index is 0.176. The Hall–Kier alpha value is -0.750. The standard InChI is InChI=1S/C5H10N2O3S/c1-3(8)7-4(2-11-6)5(9)10/h4H,2,6H2,1H3,(H,7,8)(H,9,10). The molecular formula is C5H10N2O3S. The van der Waals surface area contributed by atoms with Crippen LogP contribution in [0.3, 0.4) is 0 Å². The minimum Gasteiger partial charge on any atom is -0.480 e. The molecule has 64 valence electrons. The zero-order chi connectivity index (χ0) is 8.85. The Kier molecular flexibility index (Phi) is 4.64. The topological polar surface area (TPSA) is 92.4 Å². The van der Waals surface area contributed by atoms with E-state index in [1.807, 2.05) is 0 Å². The van der Waals surface area contributed by atoms with Crippen molar-refractivity contribution in [2.45, 2.75) is 13.0 Å². The van der Waals surface area contributed by atoms with Crippen molar-refractivity contribution < 1.29 is 14.7 Å². The average Bonchev–Trinajstić information content (AvgIpc) is 1.86. The van der Waals surface area contributed by atoms with Crippen molar-refractivity contribution in [1.82, 2.24) is 5.32 Å². The van der Waals surface area contributed by atoms with Crippen LogP contribution >= 0.6 is 11.9 Å². The van der Waals surface area contributed by atoms with Gasteiger partial charge in [0.15, 0.2) is 0 Å². The zero-order valence-electron chi connectivity index (χ0n) is 6.03. The van der Waals surface area contributed by atoms with Crippen LogP contribution in [0.1, 0.15) is 6.92 Å². The van der Waals surface area contributed by atoms with Crippen LogP contribution in [0.15, 0.2) is 0 Å². The van der Waals surface area contributed by atoms with Crippen LogP contribution in [0.4, 0.5) is 0 Å². The molecule has 0 saturated carbocycles. The van der Waals surface area contributed by atoms with Gasteiger partial charge in [0, 0.05) is 12.7 Å². The molecular weight excluding hydrogens is 168 g/mol. The highest BCUT2D eigenvalue weighted by Crippen LogP contribution is 1.93. The molecule has 0 aromatic rings. The third kappa shape index (κ3) is 4.63. The average molecular weight is 178 g/mol. The van der Waals surface area contributed by atoms with Gasteiger partial charge in [0.05, 0.1) is 0 Å². The summed E-state index contributed by atoms with van der Waals surface area (Å²) in [6, 6.07) is -0.887. The van der Waals surface area contributed by atoms with Gasteiger partial charge in [0.25, 0.3) is 0 Å². The molecule has 1 unspecified atom stereocenters. The lowest BCUT2D eigenvalue weighted by atomic mass is 10.3. The van der Waals surface area contributed by atoms with Gasteiger partial charge in [-0.3, -0.25) is 9.93 Å². The van der Waals surface area contributed by atoms with Crippen molar-refractivity contribution in [2.24, 2.45) is 5.14 Å².